The molecule has 0 aromatic carbocycles. The van der Waals surface area contributed by atoms with E-state index in [4.69, 9.17) is 0 Å². The summed E-state index contributed by atoms with van der Waals surface area (Å²) >= 11 is 0. The Balaban J connectivity index is 3.80. The van der Waals surface area contributed by atoms with Gasteiger partial charge in [0.2, 0.25) is 0 Å². The monoisotopic (exact) mass is 178 g/mol. The van der Waals surface area contributed by atoms with Gasteiger partial charge in [-0.2, -0.15) is 0 Å². The first kappa shape index (κ1) is 12.2. The zero-order valence-electron chi connectivity index (χ0n) is 9.27. The van der Waals surface area contributed by atoms with Crippen molar-refractivity contribution < 1.29 is 0 Å². The minimum absolute atomic E-state index is 1.04. The Labute approximate surface area is 83.0 Å². The van der Waals surface area contributed by atoms with Gasteiger partial charge in [-0.3, -0.25) is 0 Å². The molecule has 13 heavy (non-hydrogen) atoms. The van der Waals surface area contributed by atoms with Crippen molar-refractivity contribution >= 4 is 0 Å². The third kappa shape index (κ3) is 6.39. The van der Waals surface area contributed by atoms with Crippen LogP contribution in [0.5, 0.6) is 0 Å². The van der Waals surface area contributed by atoms with E-state index in [-0.39, 0.29) is 0 Å². The SMILES string of the molecule is C=CCC(=CC)CCC=C(C)CC. The van der Waals surface area contributed by atoms with Crippen molar-refractivity contribution in [2.45, 2.75) is 46.5 Å². The third-order valence-electron chi connectivity index (χ3n) is 2.33. The van der Waals surface area contributed by atoms with Crippen LogP contribution in [0.3, 0.4) is 0 Å². The molecule has 0 radical (unpaired) electrons. The van der Waals surface area contributed by atoms with Crippen molar-refractivity contribution in [3.63, 3.8) is 0 Å². The molecule has 0 unspecified atom stereocenters. The van der Waals surface area contributed by atoms with Gasteiger partial charge in [0.15, 0.2) is 0 Å². The summed E-state index contributed by atoms with van der Waals surface area (Å²) in [4.78, 5) is 0. The molecule has 0 aromatic heterocycles. The van der Waals surface area contributed by atoms with Gasteiger partial charge < -0.3 is 0 Å². The zero-order valence-corrected chi connectivity index (χ0v) is 9.27. The molecule has 0 heteroatoms. The van der Waals surface area contributed by atoms with Crippen LogP contribution in [-0.2, 0) is 0 Å². The van der Waals surface area contributed by atoms with Crippen LogP contribution in [0.1, 0.15) is 46.5 Å². The summed E-state index contributed by atoms with van der Waals surface area (Å²) in [6, 6.07) is 0. The summed E-state index contributed by atoms with van der Waals surface area (Å²) in [5.41, 5.74) is 2.99. The maximum atomic E-state index is 3.75. The molecule has 0 fully saturated rings. The molecule has 0 aromatic rings. The average molecular weight is 178 g/mol. The quantitative estimate of drug-likeness (QED) is 0.519. The van der Waals surface area contributed by atoms with E-state index in [1.807, 2.05) is 6.08 Å². The van der Waals surface area contributed by atoms with E-state index < -0.39 is 0 Å². The molecule has 0 atom stereocenters. The molecule has 0 saturated heterocycles. The summed E-state index contributed by atoms with van der Waals surface area (Å²) in [7, 11) is 0. The first-order chi connectivity index (χ1) is 6.24. The normalized spacial score (nSPS) is 13.2. The van der Waals surface area contributed by atoms with Crippen molar-refractivity contribution in [1.82, 2.24) is 0 Å². The van der Waals surface area contributed by atoms with Crippen molar-refractivity contribution in [3.05, 3.63) is 36.0 Å². The van der Waals surface area contributed by atoms with Gasteiger partial charge in [-0.15, -0.1) is 6.58 Å². The molecule has 0 aliphatic heterocycles. The maximum Gasteiger partial charge on any atom is -0.0142 e. The van der Waals surface area contributed by atoms with Crippen LogP contribution in [0.2, 0.25) is 0 Å². The van der Waals surface area contributed by atoms with Gasteiger partial charge in [0, 0.05) is 0 Å². The molecule has 0 aliphatic carbocycles. The molecule has 0 bridgehead atoms. The van der Waals surface area contributed by atoms with Crippen molar-refractivity contribution in [3.8, 4) is 0 Å². The summed E-state index contributed by atoms with van der Waals surface area (Å²) in [5.74, 6) is 0. The lowest BCUT2D eigenvalue weighted by Crippen LogP contribution is -1.81. The first-order valence-corrected chi connectivity index (χ1v) is 5.15. The van der Waals surface area contributed by atoms with Crippen molar-refractivity contribution in [2.24, 2.45) is 0 Å². The summed E-state index contributed by atoms with van der Waals surface area (Å²) in [5, 5.41) is 0. The van der Waals surface area contributed by atoms with Crippen LogP contribution in [0.15, 0.2) is 36.0 Å². The Morgan fingerprint density at radius 3 is 2.54 bits per heavy atom. The van der Waals surface area contributed by atoms with Gasteiger partial charge in [-0.05, 0) is 39.5 Å². The molecule has 0 saturated carbocycles. The first-order valence-electron chi connectivity index (χ1n) is 5.15. The van der Waals surface area contributed by atoms with Gasteiger partial charge in [0.25, 0.3) is 0 Å². The van der Waals surface area contributed by atoms with Crippen molar-refractivity contribution in [1.29, 1.82) is 0 Å². The molecule has 74 valence electrons. The Morgan fingerprint density at radius 2 is 2.08 bits per heavy atom. The van der Waals surface area contributed by atoms with Crippen molar-refractivity contribution in [2.75, 3.05) is 0 Å². The minimum Gasteiger partial charge on any atom is -0.103 e. The minimum atomic E-state index is 1.04. The Bertz CT molecular complexity index is 194. The lowest BCUT2D eigenvalue weighted by atomic mass is 10.1. The summed E-state index contributed by atoms with van der Waals surface area (Å²) in [6.07, 6.45) is 11.1. The second kappa shape index (κ2) is 7.85. The van der Waals surface area contributed by atoms with Gasteiger partial charge in [0.1, 0.15) is 0 Å². The van der Waals surface area contributed by atoms with Crippen LogP contribution in [-0.4, -0.2) is 0 Å². The molecule has 0 nitrogen and oxygen atoms in total. The number of rotatable bonds is 6. The van der Waals surface area contributed by atoms with Crippen LogP contribution in [0, 0.1) is 0 Å². The van der Waals surface area contributed by atoms with Gasteiger partial charge in [0.05, 0.1) is 0 Å². The molecule has 0 amide bonds. The molecular formula is C13H22. The van der Waals surface area contributed by atoms with E-state index in [0.29, 0.717) is 0 Å². The van der Waals surface area contributed by atoms with E-state index in [9.17, 15) is 0 Å². The fraction of sp³-hybridized carbons (Fsp3) is 0.538. The van der Waals surface area contributed by atoms with E-state index in [1.165, 1.54) is 30.4 Å². The highest BCUT2D eigenvalue weighted by molar-refractivity contribution is 5.07. The molecular weight excluding hydrogens is 156 g/mol. The average Bonchev–Trinajstić information content (AvgIpc) is 2.16. The lowest BCUT2D eigenvalue weighted by Gasteiger charge is -2.01. The zero-order chi connectivity index (χ0) is 10.1. The highest BCUT2D eigenvalue weighted by Gasteiger charge is 1.92. The Morgan fingerprint density at radius 1 is 1.38 bits per heavy atom. The second-order valence-electron chi connectivity index (χ2n) is 3.38. The van der Waals surface area contributed by atoms with Crippen LogP contribution in [0.4, 0.5) is 0 Å². The summed E-state index contributed by atoms with van der Waals surface area (Å²) < 4.78 is 0. The second-order valence-corrected chi connectivity index (χ2v) is 3.38. The predicted octanol–water partition coefficient (Wildman–Crippen LogP) is 4.65. The van der Waals surface area contributed by atoms with Crippen LogP contribution in [0.25, 0.3) is 0 Å². The lowest BCUT2D eigenvalue weighted by molar-refractivity contribution is 0.919. The van der Waals surface area contributed by atoms with E-state index >= 15 is 0 Å². The number of hydrogen-bond donors (Lipinski definition) is 0. The molecule has 0 aliphatic rings. The van der Waals surface area contributed by atoms with Gasteiger partial charge in [-0.25, -0.2) is 0 Å². The predicted molar refractivity (Wildman–Crippen MR) is 61.9 cm³/mol. The molecule has 0 N–H and O–H groups in total. The van der Waals surface area contributed by atoms with Gasteiger partial charge >= 0.3 is 0 Å². The molecule has 0 heterocycles. The highest BCUT2D eigenvalue weighted by Crippen LogP contribution is 2.12. The largest absolute Gasteiger partial charge is 0.103 e. The standard InChI is InChI=1S/C13H22/c1-5-9-13(7-3)11-8-10-12(4)6-2/h5,7,10H,1,6,8-9,11H2,2-4H3. The Hall–Kier alpha value is -0.780. The Kier molecular flexibility index (Phi) is 7.38. The van der Waals surface area contributed by atoms with Crippen LogP contribution >= 0.6 is 0 Å². The van der Waals surface area contributed by atoms with E-state index in [2.05, 4.69) is 39.5 Å². The van der Waals surface area contributed by atoms with Crippen LogP contribution < -0.4 is 0 Å². The van der Waals surface area contributed by atoms with E-state index in [0.717, 1.165) is 6.42 Å². The van der Waals surface area contributed by atoms with E-state index in [1.54, 1.807) is 0 Å². The third-order valence-corrected chi connectivity index (χ3v) is 2.33. The number of hydrogen-bond acceptors (Lipinski definition) is 0. The fourth-order valence-electron chi connectivity index (χ4n) is 1.20. The fourth-order valence-corrected chi connectivity index (χ4v) is 1.20. The molecule has 0 spiro atoms. The molecule has 0 rings (SSSR count). The number of allylic oxidation sites excluding steroid dienone is 5. The maximum absolute atomic E-state index is 3.75. The highest BCUT2D eigenvalue weighted by atomic mass is 14.0. The topological polar surface area (TPSA) is 0 Å². The smallest absolute Gasteiger partial charge is 0.0142 e. The van der Waals surface area contributed by atoms with Gasteiger partial charge in [-0.1, -0.05) is 36.3 Å². The summed E-state index contributed by atoms with van der Waals surface area (Å²) in [6.45, 7) is 10.3.